The van der Waals surface area contributed by atoms with E-state index < -0.39 is 17.9 Å². The fourth-order valence-corrected chi connectivity index (χ4v) is 2.20. The molecule has 0 fully saturated rings. The summed E-state index contributed by atoms with van der Waals surface area (Å²) in [4.78, 5) is 23.6. The maximum atomic E-state index is 11.8. The number of ether oxygens (including phenoxy) is 2. The highest BCUT2D eigenvalue weighted by atomic mass is 16.7. The van der Waals surface area contributed by atoms with Crippen molar-refractivity contribution < 1.29 is 28.6 Å². The van der Waals surface area contributed by atoms with Gasteiger partial charge in [-0.2, -0.15) is 0 Å². The Balaban J connectivity index is 1.45. The molecule has 24 heavy (non-hydrogen) atoms. The van der Waals surface area contributed by atoms with E-state index in [2.05, 4.69) is 10.6 Å². The molecule has 1 aliphatic rings. The molecule has 0 bridgehead atoms. The lowest BCUT2D eigenvalue weighted by atomic mass is 10.1. The van der Waals surface area contributed by atoms with Gasteiger partial charge in [0.25, 0.3) is 0 Å². The summed E-state index contributed by atoms with van der Waals surface area (Å²) in [6.07, 6.45) is 2.39. The highest BCUT2D eigenvalue weighted by molar-refractivity contribution is 6.39. The van der Waals surface area contributed by atoms with Crippen LogP contribution in [0.5, 0.6) is 11.5 Å². The van der Waals surface area contributed by atoms with Crippen molar-refractivity contribution in [3.05, 3.63) is 42.4 Å². The predicted octanol–water partition coefficient (Wildman–Crippen LogP) is 1.19. The lowest BCUT2D eigenvalue weighted by Gasteiger charge is -2.10. The van der Waals surface area contributed by atoms with Crippen LogP contribution in [0.4, 0.5) is 5.69 Å². The second-order valence-electron chi connectivity index (χ2n) is 5.14. The van der Waals surface area contributed by atoms with E-state index in [0.717, 1.165) is 0 Å². The SMILES string of the molecule is O=C(NCC[C@@H](O)c1ccoc1)C(=O)Nc1ccc2c(c1)OCO2. The van der Waals surface area contributed by atoms with Crippen molar-refractivity contribution in [2.45, 2.75) is 12.5 Å². The second-order valence-corrected chi connectivity index (χ2v) is 5.14. The summed E-state index contributed by atoms with van der Waals surface area (Å²) in [5, 5.41) is 14.8. The van der Waals surface area contributed by atoms with Crippen molar-refractivity contribution in [3.8, 4) is 11.5 Å². The molecule has 1 aromatic heterocycles. The molecule has 1 aromatic carbocycles. The van der Waals surface area contributed by atoms with Gasteiger partial charge < -0.3 is 29.6 Å². The van der Waals surface area contributed by atoms with Crippen LogP contribution in [0.25, 0.3) is 0 Å². The third kappa shape index (κ3) is 3.66. The number of anilines is 1. The van der Waals surface area contributed by atoms with Crippen LogP contribution in [0.3, 0.4) is 0 Å². The summed E-state index contributed by atoms with van der Waals surface area (Å²) in [5.41, 5.74) is 1.05. The smallest absolute Gasteiger partial charge is 0.313 e. The minimum Gasteiger partial charge on any atom is -0.472 e. The molecule has 3 rings (SSSR count). The van der Waals surface area contributed by atoms with E-state index in [1.54, 1.807) is 24.3 Å². The summed E-state index contributed by atoms with van der Waals surface area (Å²) >= 11 is 0. The molecule has 0 unspecified atom stereocenters. The number of nitrogens with one attached hydrogen (secondary N) is 2. The van der Waals surface area contributed by atoms with Crippen LogP contribution in [-0.2, 0) is 9.59 Å². The Morgan fingerprint density at radius 2 is 2.00 bits per heavy atom. The molecule has 2 amide bonds. The molecular weight excluding hydrogens is 316 g/mol. The molecule has 8 nitrogen and oxygen atoms in total. The normalized spacial score (nSPS) is 13.4. The number of rotatable bonds is 5. The number of amides is 2. The topological polar surface area (TPSA) is 110 Å². The molecule has 2 heterocycles. The minimum absolute atomic E-state index is 0.131. The van der Waals surface area contributed by atoms with Gasteiger partial charge in [0.15, 0.2) is 11.5 Å². The van der Waals surface area contributed by atoms with Crippen LogP contribution in [-0.4, -0.2) is 30.3 Å². The van der Waals surface area contributed by atoms with Crippen LogP contribution in [0.2, 0.25) is 0 Å². The monoisotopic (exact) mass is 332 g/mol. The highest BCUT2D eigenvalue weighted by Crippen LogP contribution is 2.34. The lowest BCUT2D eigenvalue weighted by Crippen LogP contribution is -2.36. The molecule has 126 valence electrons. The van der Waals surface area contributed by atoms with Gasteiger partial charge >= 0.3 is 11.8 Å². The molecule has 3 N–H and O–H groups in total. The maximum Gasteiger partial charge on any atom is 0.313 e. The molecule has 0 aliphatic carbocycles. The molecule has 0 saturated carbocycles. The van der Waals surface area contributed by atoms with Crippen LogP contribution in [0.1, 0.15) is 18.1 Å². The Morgan fingerprint density at radius 1 is 1.17 bits per heavy atom. The van der Waals surface area contributed by atoms with Crippen LogP contribution < -0.4 is 20.1 Å². The van der Waals surface area contributed by atoms with Gasteiger partial charge in [0.1, 0.15) is 0 Å². The quantitative estimate of drug-likeness (QED) is 0.709. The van der Waals surface area contributed by atoms with Crippen molar-refractivity contribution in [2.24, 2.45) is 0 Å². The number of furan rings is 1. The van der Waals surface area contributed by atoms with E-state index in [1.807, 2.05) is 0 Å². The van der Waals surface area contributed by atoms with E-state index in [-0.39, 0.29) is 19.8 Å². The number of carbonyl (C=O) groups is 2. The summed E-state index contributed by atoms with van der Waals surface area (Å²) in [7, 11) is 0. The molecule has 0 saturated heterocycles. The Bertz CT molecular complexity index is 728. The van der Waals surface area contributed by atoms with Gasteiger partial charge in [0.2, 0.25) is 6.79 Å². The third-order valence-corrected chi connectivity index (χ3v) is 3.47. The number of benzene rings is 1. The number of hydrogen-bond donors (Lipinski definition) is 3. The predicted molar refractivity (Wildman–Crippen MR) is 82.5 cm³/mol. The van der Waals surface area contributed by atoms with Gasteiger partial charge in [-0.1, -0.05) is 0 Å². The number of aliphatic hydroxyl groups excluding tert-OH is 1. The van der Waals surface area contributed by atoms with Crippen LogP contribution in [0, 0.1) is 0 Å². The van der Waals surface area contributed by atoms with Crippen molar-refractivity contribution in [1.29, 1.82) is 0 Å². The first kappa shape index (κ1) is 15.9. The zero-order chi connectivity index (χ0) is 16.9. The standard InChI is InChI=1S/C16H16N2O6/c19-12(10-4-6-22-8-10)3-5-17-15(20)16(21)18-11-1-2-13-14(7-11)24-9-23-13/h1-2,4,6-8,12,19H,3,5,9H2,(H,17,20)(H,18,21)/t12-/m1/s1. The van der Waals surface area contributed by atoms with Crippen LogP contribution in [0.15, 0.2) is 41.2 Å². The van der Waals surface area contributed by atoms with Gasteiger partial charge in [-0.15, -0.1) is 0 Å². The first-order chi connectivity index (χ1) is 11.6. The third-order valence-electron chi connectivity index (χ3n) is 3.47. The lowest BCUT2D eigenvalue weighted by molar-refractivity contribution is -0.136. The molecule has 0 spiro atoms. The van der Waals surface area contributed by atoms with E-state index >= 15 is 0 Å². The minimum atomic E-state index is -0.799. The van der Waals surface area contributed by atoms with Crippen molar-refractivity contribution in [1.82, 2.24) is 5.32 Å². The van der Waals surface area contributed by atoms with Crippen molar-refractivity contribution in [2.75, 3.05) is 18.7 Å². The van der Waals surface area contributed by atoms with E-state index in [1.165, 1.54) is 12.5 Å². The molecule has 8 heteroatoms. The first-order valence-corrected chi connectivity index (χ1v) is 7.32. The van der Waals surface area contributed by atoms with Crippen molar-refractivity contribution in [3.63, 3.8) is 0 Å². The van der Waals surface area contributed by atoms with Gasteiger partial charge in [0, 0.05) is 23.9 Å². The zero-order valence-electron chi connectivity index (χ0n) is 12.7. The fourth-order valence-electron chi connectivity index (χ4n) is 2.20. The molecule has 2 aromatic rings. The molecule has 1 atom stereocenters. The Kier molecular flexibility index (Phi) is 4.66. The summed E-state index contributed by atoms with van der Waals surface area (Å²) in [6, 6.07) is 6.48. The van der Waals surface area contributed by atoms with Gasteiger partial charge in [-0.3, -0.25) is 9.59 Å². The highest BCUT2D eigenvalue weighted by Gasteiger charge is 2.17. The summed E-state index contributed by atoms with van der Waals surface area (Å²) < 4.78 is 15.2. The Morgan fingerprint density at radius 3 is 2.79 bits per heavy atom. The number of aliphatic hydroxyl groups is 1. The van der Waals surface area contributed by atoms with E-state index in [9.17, 15) is 14.7 Å². The average Bonchev–Trinajstić information content (AvgIpc) is 3.25. The second kappa shape index (κ2) is 7.05. The average molecular weight is 332 g/mol. The fraction of sp³-hybridized carbons (Fsp3) is 0.250. The number of carbonyl (C=O) groups excluding carboxylic acids is 2. The van der Waals surface area contributed by atoms with Crippen molar-refractivity contribution >= 4 is 17.5 Å². The summed E-state index contributed by atoms with van der Waals surface area (Å²) in [5.74, 6) is -0.485. The van der Waals surface area contributed by atoms with Gasteiger partial charge in [-0.25, -0.2) is 0 Å². The van der Waals surface area contributed by atoms with Crippen LogP contribution >= 0.6 is 0 Å². The first-order valence-electron chi connectivity index (χ1n) is 7.32. The molecular formula is C16H16N2O6. The molecule has 0 radical (unpaired) electrons. The number of fused-ring (bicyclic) bond motifs is 1. The molecule has 1 aliphatic heterocycles. The number of hydrogen-bond acceptors (Lipinski definition) is 6. The Hall–Kier alpha value is -3.00. The maximum absolute atomic E-state index is 11.8. The van der Waals surface area contributed by atoms with Gasteiger partial charge in [-0.05, 0) is 24.6 Å². The van der Waals surface area contributed by atoms with E-state index in [0.29, 0.717) is 22.7 Å². The summed E-state index contributed by atoms with van der Waals surface area (Å²) in [6.45, 7) is 0.284. The Labute approximate surface area is 137 Å². The van der Waals surface area contributed by atoms with Gasteiger partial charge in [0.05, 0.1) is 18.6 Å². The largest absolute Gasteiger partial charge is 0.472 e. The zero-order valence-corrected chi connectivity index (χ0v) is 12.7. The van der Waals surface area contributed by atoms with E-state index in [4.69, 9.17) is 13.9 Å².